The monoisotopic (exact) mass is 147 g/mol. The average molecular weight is 147 g/mol. The first-order chi connectivity index (χ1) is 4.36. The van der Waals surface area contributed by atoms with Gasteiger partial charge in [0.1, 0.15) is 5.72 Å². The summed E-state index contributed by atoms with van der Waals surface area (Å²) in [5, 5.41) is 17.6. The Morgan fingerprint density at radius 2 is 2.00 bits per heavy atom. The molecule has 0 saturated heterocycles. The summed E-state index contributed by atoms with van der Waals surface area (Å²) in [6.07, 6.45) is -0.264. The van der Waals surface area contributed by atoms with Crippen molar-refractivity contribution in [2.75, 3.05) is 14.1 Å². The second-order valence-corrected chi connectivity index (χ2v) is 2.68. The van der Waals surface area contributed by atoms with Gasteiger partial charge in [-0.1, -0.05) is 0 Å². The number of aliphatic hydroxyl groups is 1. The van der Waals surface area contributed by atoms with Crippen LogP contribution in [0.1, 0.15) is 13.3 Å². The molecule has 0 fully saturated rings. The molecule has 0 aliphatic rings. The van der Waals surface area contributed by atoms with Crippen LogP contribution in [0.15, 0.2) is 0 Å². The molecule has 0 saturated carbocycles. The number of rotatable bonds is 3. The highest BCUT2D eigenvalue weighted by molar-refractivity contribution is 5.67. The maximum absolute atomic E-state index is 10.1. The molecular weight excluding hydrogens is 134 g/mol. The van der Waals surface area contributed by atoms with E-state index in [0.717, 1.165) is 0 Å². The van der Waals surface area contributed by atoms with Crippen LogP contribution in [0.4, 0.5) is 0 Å². The van der Waals surface area contributed by atoms with Crippen molar-refractivity contribution in [3.63, 3.8) is 0 Å². The molecule has 10 heavy (non-hydrogen) atoms. The Hall–Kier alpha value is -0.610. The lowest BCUT2D eigenvalue weighted by atomic mass is 10.1. The van der Waals surface area contributed by atoms with Crippen LogP contribution in [0.5, 0.6) is 0 Å². The summed E-state index contributed by atoms with van der Waals surface area (Å²) in [5.41, 5.74) is -1.24. The van der Waals surface area contributed by atoms with Crippen LogP contribution in [-0.2, 0) is 4.79 Å². The lowest BCUT2D eigenvalue weighted by molar-refractivity contribution is -0.149. The lowest BCUT2D eigenvalue weighted by Crippen LogP contribution is -2.42. The van der Waals surface area contributed by atoms with Crippen LogP contribution in [-0.4, -0.2) is 40.9 Å². The van der Waals surface area contributed by atoms with Crippen molar-refractivity contribution in [1.29, 1.82) is 0 Å². The molecule has 0 bridgehead atoms. The van der Waals surface area contributed by atoms with Crippen molar-refractivity contribution in [3.8, 4) is 0 Å². The molecule has 1 atom stereocenters. The van der Waals surface area contributed by atoms with Gasteiger partial charge < -0.3 is 10.2 Å². The van der Waals surface area contributed by atoms with Gasteiger partial charge in [-0.25, -0.2) is 0 Å². The molecule has 0 aromatic carbocycles. The Kier molecular flexibility index (Phi) is 2.80. The normalized spacial score (nSPS) is 16.9. The number of carbonyl (C=O) groups is 1. The molecule has 0 heterocycles. The molecular formula is C6H13NO3. The minimum atomic E-state index is -1.24. The Morgan fingerprint density at radius 3 is 2.10 bits per heavy atom. The molecule has 0 aromatic heterocycles. The minimum Gasteiger partial charge on any atom is -0.481 e. The van der Waals surface area contributed by atoms with Gasteiger partial charge in [-0.15, -0.1) is 0 Å². The van der Waals surface area contributed by atoms with E-state index in [1.165, 1.54) is 11.8 Å². The van der Waals surface area contributed by atoms with E-state index in [1.807, 2.05) is 0 Å². The van der Waals surface area contributed by atoms with E-state index in [1.54, 1.807) is 14.1 Å². The highest BCUT2D eigenvalue weighted by atomic mass is 16.4. The van der Waals surface area contributed by atoms with E-state index in [0.29, 0.717) is 0 Å². The molecule has 60 valence electrons. The highest BCUT2D eigenvalue weighted by Gasteiger charge is 2.25. The summed E-state index contributed by atoms with van der Waals surface area (Å²) < 4.78 is 0. The van der Waals surface area contributed by atoms with E-state index in [-0.39, 0.29) is 6.42 Å². The standard InChI is InChI=1S/C6H13NO3/c1-6(10,7(2)3)4-5(8)9/h10H,4H2,1-3H3,(H,8,9). The molecule has 4 heteroatoms. The van der Waals surface area contributed by atoms with Crippen molar-refractivity contribution in [2.24, 2.45) is 0 Å². The van der Waals surface area contributed by atoms with Gasteiger partial charge in [0.05, 0.1) is 6.42 Å². The van der Waals surface area contributed by atoms with E-state index in [2.05, 4.69) is 0 Å². The second-order valence-electron chi connectivity index (χ2n) is 2.68. The largest absolute Gasteiger partial charge is 0.481 e. The van der Waals surface area contributed by atoms with Crippen molar-refractivity contribution in [3.05, 3.63) is 0 Å². The molecule has 0 aliphatic carbocycles. The zero-order chi connectivity index (χ0) is 8.36. The fourth-order valence-corrected chi connectivity index (χ4v) is 0.445. The Labute approximate surface area is 60.1 Å². The van der Waals surface area contributed by atoms with E-state index in [4.69, 9.17) is 5.11 Å². The maximum Gasteiger partial charge on any atom is 0.307 e. The molecule has 0 amide bonds. The number of carboxylic acids is 1. The van der Waals surface area contributed by atoms with E-state index >= 15 is 0 Å². The summed E-state index contributed by atoms with van der Waals surface area (Å²) >= 11 is 0. The van der Waals surface area contributed by atoms with Gasteiger partial charge >= 0.3 is 5.97 Å². The molecule has 0 rings (SSSR count). The van der Waals surface area contributed by atoms with Gasteiger partial charge in [-0.3, -0.25) is 9.69 Å². The molecule has 0 spiro atoms. The predicted octanol–water partition coefficient (Wildman–Crippen LogP) is -0.269. The van der Waals surface area contributed by atoms with E-state index < -0.39 is 11.7 Å². The van der Waals surface area contributed by atoms with Crippen molar-refractivity contribution in [2.45, 2.75) is 19.1 Å². The topological polar surface area (TPSA) is 60.8 Å². The van der Waals surface area contributed by atoms with Crippen LogP contribution in [0.3, 0.4) is 0 Å². The SMILES string of the molecule is CN(C)C(C)(O)CC(=O)O. The summed E-state index contributed by atoms with van der Waals surface area (Å²) in [6.45, 7) is 1.46. The van der Waals surface area contributed by atoms with Gasteiger partial charge in [-0.2, -0.15) is 0 Å². The van der Waals surface area contributed by atoms with Crippen LogP contribution < -0.4 is 0 Å². The summed E-state index contributed by atoms with van der Waals surface area (Å²) in [5.74, 6) is -1.00. The zero-order valence-corrected chi connectivity index (χ0v) is 6.46. The fraction of sp³-hybridized carbons (Fsp3) is 0.833. The predicted molar refractivity (Wildman–Crippen MR) is 36.6 cm³/mol. The quantitative estimate of drug-likeness (QED) is 0.539. The summed E-state index contributed by atoms with van der Waals surface area (Å²) in [7, 11) is 3.26. The summed E-state index contributed by atoms with van der Waals surface area (Å²) in [4.78, 5) is 11.6. The van der Waals surface area contributed by atoms with Gasteiger partial charge in [0.15, 0.2) is 0 Å². The van der Waals surface area contributed by atoms with Crippen LogP contribution in [0.25, 0.3) is 0 Å². The van der Waals surface area contributed by atoms with Crippen LogP contribution in [0.2, 0.25) is 0 Å². The van der Waals surface area contributed by atoms with Crippen molar-refractivity contribution < 1.29 is 15.0 Å². The van der Waals surface area contributed by atoms with Gasteiger partial charge in [0.2, 0.25) is 0 Å². The van der Waals surface area contributed by atoms with Crippen molar-refractivity contribution >= 4 is 5.97 Å². The smallest absolute Gasteiger partial charge is 0.307 e. The average Bonchev–Trinajstić information content (AvgIpc) is 1.60. The first-order valence-electron chi connectivity index (χ1n) is 2.98. The number of nitrogens with zero attached hydrogens (tertiary/aromatic N) is 1. The molecule has 0 aliphatic heterocycles. The molecule has 4 nitrogen and oxygen atoms in total. The van der Waals surface area contributed by atoms with Crippen LogP contribution in [0, 0.1) is 0 Å². The Balaban J connectivity index is 3.99. The third kappa shape index (κ3) is 2.80. The lowest BCUT2D eigenvalue weighted by Gasteiger charge is -2.28. The molecule has 1 unspecified atom stereocenters. The fourth-order valence-electron chi connectivity index (χ4n) is 0.445. The molecule has 0 radical (unpaired) electrons. The molecule has 0 aromatic rings. The Morgan fingerprint density at radius 1 is 1.60 bits per heavy atom. The molecule has 2 N–H and O–H groups in total. The van der Waals surface area contributed by atoms with E-state index in [9.17, 15) is 9.90 Å². The second kappa shape index (κ2) is 2.98. The maximum atomic E-state index is 10.1. The van der Waals surface area contributed by atoms with Gasteiger partial charge in [0, 0.05) is 0 Å². The Bertz CT molecular complexity index is 131. The number of carboxylic acid groups (broad SMARTS) is 1. The van der Waals surface area contributed by atoms with Gasteiger partial charge in [-0.05, 0) is 21.0 Å². The summed E-state index contributed by atoms with van der Waals surface area (Å²) in [6, 6.07) is 0. The van der Waals surface area contributed by atoms with Crippen LogP contribution >= 0.6 is 0 Å². The first kappa shape index (κ1) is 9.39. The first-order valence-corrected chi connectivity index (χ1v) is 2.98. The minimum absolute atomic E-state index is 0.264. The number of hydrogen-bond acceptors (Lipinski definition) is 3. The third-order valence-electron chi connectivity index (χ3n) is 1.45. The highest BCUT2D eigenvalue weighted by Crippen LogP contribution is 2.10. The van der Waals surface area contributed by atoms with Crippen molar-refractivity contribution in [1.82, 2.24) is 4.90 Å². The number of hydrogen-bond donors (Lipinski definition) is 2. The number of aliphatic carboxylic acids is 1. The third-order valence-corrected chi connectivity index (χ3v) is 1.45. The zero-order valence-electron chi connectivity index (χ0n) is 6.46. The van der Waals surface area contributed by atoms with Gasteiger partial charge in [0.25, 0.3) is 0 Å².